The lowest BCUT2D eigenvalue weighted by Gasteiger charge is -2.14. The maximum atomic E-state index is 4.69. The number of allylic oxidation sites excluding steroid dienone is 1. The van der Waals surface area contributed by atoms with E-state index in [9.17, 15) is 0 Å². The maximum absolute atomic E-state index is 4.69. The van der Waals surface area contributed by atoms with E-state index in [4.69, 9.17) is 4.99 Å². The Bertz CT molecular complexity index is 792. The van der Waals surface area contributed by atoms with Gasteiger partial charge in [-0.3, -0.25) is 9.67 Å². The second-order valence-electron chi connectivity index (χ2n) is 6.70. The number of nitrogens with zero attached hydrogens (tertiary/aromatic N) is 5. The number of rotatable bonds is 8. The first kappa shape index (κ1) is 19.1. The summed E-state index contributed by atoms with van der Waals surface area (Å²) >= 11 is 0. The van der Waals surface area contributed by atoms with E-state index < -0.39 is 0 Å². The van der Waals surface area contributed by atoms with Gasteiger partial charge in [0.25, 0.3) is 0 Å². The van der Waals surface area contributed by atoms with Gasteiger partial charge in [0.2, 0.25) is 0 Å². The van der Waals surface area contributed by atoms with Gasteiger partial charge in [-0.2, -0.15) is 5.10 Å². The molecule has 0 aliphatic heterocycles. The number of hydrogen-bond donors (Lipinski definition) is 3. The summed E-state index contributed by atoms with van der Waals surface area (Å²) in [5, 5.41) is 15.2. The largest absolute Gasteiger partial charge is 0.368 e. The van der Waals surface area contributed by atoms with Crippen LogP contribution in [-0.2, 0) is 7.05 Å². The third-order valence-corrected chi connectivity index (χ3v) is 4.67. The fourth-order valence-corrected chi connectivity index (χ4v) is 3.25. The minimum atomic E-state index is 0.733. The van der Waals surface area contributed by atoms with Gasteiger partial charge in [0.05, 0.1) is 11.6 Å². The fraction of sp³-hybridized carbons (Fsp3) is 0.579. The Hall–Kier alpha value is -2.64. The molecule has 0 spiro atoms. The minimum Gasteiger partial charge on any atom is -0.368 e. The van der Waals surface area contributed by atoms with E-state index in [1.54, 1.807) is 22.8 Å². The summed E-state index contributed by atoms with van der Waals surface area (Å²) in [7, 11) is 1.88. The first-order valence-corrected chi connectivity index (χ1v) is 9.84. The molecule has 2 aromatic rings. The molecule has 0 amide bonds. The number of nitrogens with one attached hydrogen (secondary N) is 3. The molecule has 146 valence electrons. The number of aliphatic imine (C=N–C) groups is 1. The second-order valence-corrected chi connectivity index (χ2v) is 6.70. The van der Waals surface area contributed by atoms with Crippen LogP contribution in [-0.4, -0.2) is 51.9 Å². The van der Waals surface area contributed by atoms with E-state index >= 15 is 0 Å². The number of aryl methyl sites for hydroxylation is 1. The second kappa shape index (κ2) is 9.89. The molecule has 1 aliphatic rings. The van der Waals surface area contributed by atoms with E-state index in [0.717, 1.165) is 55.4 Å². The van der Waals surface area contributed by atoms with E-state index in [1.807, 2.05) is 7.05 Å². The molecule has 0 aromatic carbocycles. The molecule has 2 heterocycles. The van der Waals surface area contributed by atoms with Gasteiger partial charge >= 0.3 is 0 Å². The molecule has 0 fully saturated rings. The molecule has 0 atom stereocenters. The summed E-state index contributed by atoms with van der Waals surface area (Å²) in [6.07, 6.45) is 11.9. The normalized spacial score (nSPS) is 14.9. The van der Waals surface area contributed by atoms with Crippen molar-refractivity contribution in [2.75, 3.05) is 31.5 Å². The average molecular weight is 371 g/mol. The van der Waals surface area contributed by atoms with Crippen LogP contribution in [0.3, 0.4) is 0 Å². The molecule has 2 aromatic heterocycles. The summed E-state index contributed by atoms with van der Waals surface area (Å²) in [5.74, 6) is 1.67. The van der Waals surface area contributed by atoms with Crippen molar-refractivity contribution >= 4 is 22.8 Å². The van der Waals surface area contributed by atoms with Crippen LogP contribution in [0.25, 0.3) is 11.0 Å². The fourth-order valence-electron chi connectivity index (χ4n) is 3.25. The summed E-state index contributed by atoms with van der Waals surface area (Å²) in [5.41, 5.74) is 2.39. The highest BCUT2D eigenvalue weighted by molar-refractivity contribution is 5.86. The van der Waals surface area contributed by atoms with Gasteiger partial charge in [-0.05, 0) is 39.0 Å². The highest BCUT2D eigenvalue weighted by atomic mass is 15.3. The molecule has 8 nitrogen and oxygen atoms in total. The van der Waals surface area contributed by atoms with E-state index in [2.05, 4.69) is 44.0 Å². The Labute approximate surface area is 160 Å². The Balaban J connectivity index is 1.46. The van der Waals surface area contributed by atoms with Crippen LogP contribution in [0.15, 0.2) is 29.2 Å². The predicted molar refractivity (Wildman–Crippen MR) is 110 cm³/mol. The quantitative estimate of drug-likeness (QED) is 0.286. The molecular weight excluding hydrogens is 340 g/mol. The van der Waals surface area contributed by atoms with Crippen molar-refractivity contribution < 1.29 is 0 Å². The van der Waals surface area contributed by atoms with Crippen LogP contribution in [0.4, 0.5) is 5.82 Å². The van der Waals surface area contributed by atoms with Gasteiger partial charge in [0.15, 0.2) is 11.6 Å². The third-order valence-electron chi connectivity index (χ3n) is 4.67. The zero-order valence-electron chi connectivity index (χ0n) is 16.3. The van der Waals surface area contributed by atoms with Crippen molar-refractivity contribution in [3.05, 3.63) is 24.2 Å². The van der Waals surface area contributed by atoms with Crippen molar-refractivity contribution in [1.82, 2.24) is 30.4 Å². The van der Waals surface area contributed by atoms with E-state index in [0.29, 0.717) is 0 Å². The zero-order valence-corrected chi connectivity index (χ0v) is 16.3. The first-order chi connectivity index (χ1) is 13.3. The van der Waals surface area contributed by atoms with Gasteiger partial charge < -0.3 is 16.0 Å². The summed E-state index contributed by atoms with van der Waals surface area (Å²) in [6.45, 7) is 5.25. The van der Waals surface area contributed by atoms with Crippen molar-refractivity contribution in [2.24, 2.45) is 12.0 Å². The molecule has 0 saturated carbocycles. The number of fused-ring (bicyclic) bond motifs is 1. The lowest BCUT2D eigenvalue weighted by molar-refractivity contribution is 0.675. The Kier molecular flexibility index (Phi) is 7.01. The molecule has 3 N–H and O–H groups in total. The van der Waals surface area contributed by atoms with Crippen LogP contribution < -0.4 is 16.0 Å². The van der Waals surface area contributed by atoms with Crippen molar-refractivity contribution in [3.63, 3.8) is 0 Å². The van der Waals surface area contributed by atoms with Gasteiger partial charge in [-0.25, -0.2) is 9.97 Å². The summed E-state index contributed by atoms with van der Waals surface area (Å²) in [6, 6.07) is 0. The summed E-state index contributed by atoms with van der Waals surface area (Å²) < 4.78 is 1.75. The molecule has 0 radical (unpaired) electrons. The Morgan fingerprint density at radius 2 is 2.15 bits per heavy atom. The Morgan fingerprint density at radius 1 is 1.22 bits per heavy atom. The molecular formula is C19H30N8. The zero-order chi connectivity index (χ0) is 18.9. The SMILES string of the molecule is CCNC(=NCCC1=CCCCC1)NCCNc1ncnc2c1cnn2C. The van der Waals surface area contributed by atoms with Crippen LogP contribution >= 0.6 is 0 Å². The smallest absolute Gasteiger partial charge is 0.191 e. The third kappa shape index (κ3) is 5.42. The molecule has 0 saturated heterocycles. The topological polar surface area (TPSA) is 92.1 Å². The standard InChI is InChI=1S/C19H30N8/c1-3-20-19(22-10-9-15-7-5-4-6-8-15)23-12-11-21-17-16-13-26-27(2)18(16)25-14-24-17/h7,13-14H,3-6,8-12H2,1-2H3,(H2,20,22,23)(H,21,24,25). The number of anilines is 1. The van der Waals surface area contributed by atoms with Crippen LogP contribution in [0.5, 0.6) is 0 Å². The number of hydrogen-bond acceptors (Lipinski definition) is 5. The van der Waals surface area contributed by atoms with Gasteiger partial charge in [0.1, 0.15) is 12.1 Å². The van der Waals surface area contributed by atoms with Crippen LogP contribution in [0.2, 0.25) is 0 Å². The Morgan fingerprint density at radius 3 is 2.96 bits per heavy atom. The maximum Gasteiger partial charge on any atom is 0.191 e. The van der Waals surface area contributed by atoms with Crippen molar-refractivity contribution in [2.45, 2.75) is 39.0 Å². The molecule has 3 rings (SSSR count). The average Bonchev–Trinajstić information content (AvgIpc) is 3.08. The van der Waals surface area contributed by atoms with Gasteiger partial charge in [-0.1, -0.05) is 11.6 Å². The van der Waals surface area contributed by atoms with Gasteiger partial charge in [0, 0.05) is 33.2 Å². The monoisotopic (exact) mass is 370 g/mol. The molecule has 0 bridgehead atoms. The highest BCUT2D eigenvalue weighted by Gasteiger charge is 2.07. The molecule has 0 unspecified atom stereocenters. The lowest BCUT2D eigenvalue weighted by atomic mass is 9.97. The van der Waals surface area contributed by atoms with E-state index in [-0.39, 0.29) is 0 Å². The lowest BCUT2D eigenvalue weighted by Crippen LogP contribution is -2.39. The van der Waals surface area contributed by atoms with Crippen LogP contribution in [0, 0.1) is 0 Å². The van der Waals surface area contributed by atoms with Crippen molar-refractivity contribution in [3.8, 4) is 0 Å². The van der Waals surface area contributed by atoms with Crippen LogP contribution in [0.1, 0.15) is 39.0 Å². The molecule has 27 heavy (non-hydrogen) atoms. The molecule has 1 aliphatic carbocycles. The first-order valence-electron chi connectivity index (χ1n) is 9.84. The minimum absolute atomic E-state index is 0.733. The number of aromatic nitrogens is 4. The molecule has 8 heteroatoms. The predicted octanol–water partition coefficient (Wildman–Crippen LogP) is 2.22. The summed E-state index contributed by atoms with van der Waals surface area (Å²) in [4.78, 5) is 13.3. The number of guanidine groups is 1. The van der Waals surface area contributed by atoms with Crippen molar-refractivity contribution in [1.29, 1.82) is 0 Å². The highest BCUT2D eigenvalue weighted by Crippen LogP contribution is 2.19. The van der Waals surface area contributed by atoms with Gasteiger partial charge in [-0.15, -0.1) is 0 Å². The van der Waals surface area contributed by atoms with E-state index in [1.165, 1.54) is 25.7 Å².